The highest BCUT2D eigenvalue weighted by molar-refractivity contribution is 5.59. The average Bonchev–Trinajstić information content (AvgIpc) is 2.87. The molecule has 2 aliphatic heterocycles. The van der Waals surface area contributed by atoms with E-state index < -0.39 is 0 Å². The smallest absolute Gasteiger partial charge is 0.136 e. The Labute approximate surface area is 217 Å². The van der Waals surface area contributed by atoms with Crippen LogP contribution in [0.25, 0.3) is 0 Å². The molecule has 2 unspecified atom stereocenters. The van der Waals surface area contributed by atoms with Crippen LogP contribution in [-0.4, -0.2) is 88.5 Å². The fourth-order valence-electron chi connectivity index (χ4n) is 5.80. The quantitative estimate of drug-likeness (QED) is 0.550. The van der Waals surface area contributed by atoms with Crippen LogP contribution in [-0.2, 0) is 6.54 Å². The molecule has 2 heterocycles. The van der Waals surface area contributed by atoms with E-state index in [9.17, 15) is 0 Å². The van der Waals surface area contributed by atoms with E-state index in [1.165, 1.54) is 22.5 Å². The Morgan fingerprint density at radius 2 is 1.69 bits per heavy atom. The fourth-order valence-corrected chi connectivity index (χ4v) is 5.80. The Kier molecular flexibility index (Phi) is 8.74. The molecule has 0 bridgehead atoms. The van der Waals surface area contributed by atoms with Gasteiger partial charge in [0.2, 0.25) is 0 Å². The Morgan fingerprint density at radius 1 is 0.972 bits per heavy atom. The van der Waals surface area contributed by atoms with E-state index in [1.807, 2.05) is 0 Å². The van der Waals surface area contributed by atoms with Gasteiger partial charge >= 0.3 is 0 Å². The number of rotatable bonds is 9. The number of ether oxygens (including phenoxy) is 1. The SMILES string of the molecule is COc1cccc(N(C)C)c1CN1CCC(N2C(N)c3ccccc3N(CCCN(C)C)C2N)CC1. The highest BCUT2D eigenvalue weighted by Crippen LogP contribution is 2.38. The first-order chi connectivity index (χ1) is 17.3. The third-order valence-corrected chi connectivity index (χ3v) is 7.69. The molecule has 2 aromatic rings. The fraction of sp³-hybridized carbons (Fsp3) is 0.571. The van der Waals surface area contributed by atoms with Gasteiger partial charge in [-0.3, -0.25) is 10.6 Å². The molecule has 1 fully saturated rings. The van der Waals surface area contributed by atoms with Crippen LogP contribution in [0.4, 0.5) is 11.4 Å². The van der Waals surface area contributed by atoms with Crippen molar-refractivity contribution < 1.29 is 4.74 Å². The molecule has 0 aliphatic carbocycles. The second kappa shape index (κ2) is 11.8. The molecule has 0 radical (unpaired) electrons. The van der Waals surface area contributed by atoms with Gasteiger partial charge in [0.25, 0.3) is 0 Å². The molecule has 0 saturated carbocycles. The number of hydrogen-bond acceptors (Lipinski definition) is 8. The number of nitrogens with two attached hydrogens (primary N) is 2. The van der Waals surface area contributed by atoms with Gasteiger partial charge in [-0.25, -0.2) is 4.90 Å². The van der Waals surface area contributed by atoms with Gasteiger partial charge in [0.15, 0.2) is 0 Å². The molecule has 0 spiro atoms. The highest BCUT2D eigenvalue weighted by Gasteiger charge is 2.40. The maximum atomic E-state index is 6.95. The van der Waals surface area contributed by atoms with Crippen molar-refractivity contribution in [1.82, 2.24) is 14.7 Å². The molecule has 2 aromatic carbocycles. The molecule has 4 rings (SSSR count). The van der Waals surface area contributed by atoms with E-state index in [4.69, 9.17) is 16.2 Å². The molecule has 1 saturated heterocycles. The number of nitrogens with zero attached hydrogens (tertiary/aromatic N) is 5. The van der Waals surface area contributed by atoms with Crippen LogP contribution in [0.1, 0.15) is 36.6 Å². The summed E-state index contributed by atoms with van der Waals surface area (Å²) in [6.45, 7) is 4.84. The summed E-state index contributed by atoms with van der Waals surface area (Å²) in [7, 11) is 10.2. The first kappa shape index (κ1) is 26.7. The van der Waals surface area contributed by atoms with Crippen molar-refractivity contribution in [2.75, 3.05) is 71.3 Å². The van der Waals surface area contributed by atoms with Crippen molar-refractivity contribution in [2.45, 2.75) is 44.3 Å². The summed E-state index contributed by atoms with van der Waals surface area (Å²) in [5.41, 5.74) is 18.6. The zero-order valence-corrected chi connectivity index (χ0v) is 22.7. The third-order valence-electron chi connectivity index (χ3n) is 7.69. The van der Waals surface area contributed by atoms with Crippen molar-refractivity contribution in [3.05, 3.63) is 53.6 Å². The maximum absolute atomic E-state index is 6.95. The Morgan fingerprint density at radius 3 is 2.36 bits per heavy atom. The normalized spacial score (nSPS) is 21.6. The molecular weight excluding hydrogens is 450 g/mol. The number of hydrogen-bond donors (Lipinski definition) is 2. The minimum atomic E-state index is -0.219. The first-order valence-electron chi connectivity index (χ1n) is 13.2. The predicted molar refractivity (Wildman–Crippen MR) is 149 cm³/mol. The van der Waals surface area contributed by atoms with Crippen LogP contribution in [0.3, 0.4) is 0 Å². The molecule has 8 heteroatoms. The van der Waals surface area contributed by atoms with Gasteiger partial charge < -0.3 is 25.2 Å². The van der Waals surface area contributed by atoms with E-state index in [0.29, 0.717) is 6.04 Å². The standard InChI is InChI=1S/C28H45N7O/c1-31(2)16-9-17-34-25-11-7-6-10-22(25)27(29)35(28(34)30)21-14-18-33(19-15-21)20-23-24(32(3)4)12-8-13-26(23)36-5/h6-8,10-13,21,27-28H,9,14-20,29-30H2,1-5H3. The van der Waals surface area contributed by atoms with E-state index in [1.54, 1.807) is 7.11 Å². The molecule has 198 valence electrons. The first-order valence-corrected chi connectivity index (χ1v) is 13.2. The van der Waals surface area contributed by atoms with Crippen LogP contribution in [0, 0.1) is 0 Å². The minimum absolute atomic E-state index is 0.188. The number of anilines is 2. The van der Waals surface area contributed by atoms with E-state index in [-0.39, 0.29) is 12.5 Å². The Bertz CT molecular complexity index is 990. The summed E-state index contributed by atoms with van der Waals surface area (Å²) in [4.78, 5) is 11.6. The number of para-hydroxylation sites is 1. The largest absolute Gasteiger partial charge is 0.496 e. The lowest BCUT2D eigenvalue weighted by molar-refractivity contribution is 0.0283. The van der Waals surface area contributed by atoms with Crippen molar-refractivity contribution in [1.29, 1.82) is 0 Å². The van der Waals surface area contributed by atoms with E-state index >= 15 is 0 Å². The summed E-state index contributed by atoms with van der Waals surface area (Å²) in [6, 6.07) is 15.1. The maximum Gasteiger partial charge on any atom is 0.136 e. The molecule has 36 heavy (non-hydrogen) atoms. The van der Waals surface area contributed by atoms with Crippen LogP contribution in [0.15, 0.2) is 42.5 Å². The number of fused-ring (bicyclic) bond motifs is 1. The molecule has 0 aromatic heterocycles. The van der Waals surface area contributed by atoms with Gasteiger partial charge in [-0.1, -0.05) is 24.3 Å². The predicted octanol–water partition coefficient (Wildman–Crippen LogP) is 2.70. The monoisotopic (exact) mass is 495 g/mol. The van der Waals surface area contributed by atoms with Gasteiger partial charge in [-0.05, 0) is 71.2 Å². The lowest BCUT2D eigenvalue weighted by Crippen LogP contribution is -2.64. The van der Waals surface area contributed by atoms with E-state index in [0.717, 1.165) is 57.7 Å². The average molecular weight is 496 g/mol. The lowest BCUT2D eigenvalue weighted by atomic mass is 9.97. The Balaban J connectivity index is 1.47. The second-order valence-electron chi connectivity index (χ2n) is 10.6. The van der Waals surface area contributed by atoms with Crippen molar-refractivity contribution in [3.63, 3.8) is 0 Å². The van der Waals surface area contributed by atoms with Gasteiger partial charge in [-0.2, -0.15) is 0 Å². The van der Waals surface area contributed by atoms with Gasteiger partial charge in [0.05, 0.1) is 13.3 Å². The number of methoxy groups -OCH3 is 1. The minimum Gasteiger partial charge on any atom is -0.496 e. The highest BCUT2D eigenvalue weighted by atomic mass is 16.5. The third kappa shape index (κ3) is 5.63. The van der Waals surface area contributed by atoms with Crippen molar-refractivity contribution in [2.24, 2.45) is 11.5 Å². The molecular formula is C28H45N7O. The van der Waals surface area contributed by atoms with Gasteiger partial charge in [0, 0.05) is 55.7 Å². The number of benzene rings is 2. The van der Waals surface area contributed by atoms with E-state index in [2.05, 4.69) is 95.2 Å². The van der Waals surface area contributed by atoms with Gasteiger partial charge in [0.1, 0.15) is 12.0 Å². The van der Waals surface area contributed by atoms with Crippen molar-refractivity contribution in [3.8, 4) is 5.75 Å². The molecule has 2 aliphatic rings. The Hall–Kier alpha value is -2.36. The molecule has 4 N–H and O–H groups in total. The topological polar surface area (TPSA) is 77.5 Å². The zero-order chi connectivity index (χ0) is 25.8. The van der Waals surface area contributed by atoms with Crippen LogP contribution in [0.2, 0.25) is 0 Å². The van der Waals surface area contributed by atoms with Crippen LogP contribution >= 0.6 is 0 Å². The van der Waals surface area contributed by atoms with Gasteiger partial charge in [-0.15, -0.1) is 0 Å². The molecule has 8 nitrogen and oxygen atoms in total. The van der Waals surface area contributed by atoms with Crippen LogP contribution in [0.5, 0.6) is 5.75 Å². The van der Waals surface area contributed by atoms with Crippen LogP contribution < -0.4 is 26.0 Å². The second-order valence-corrected chi connectivity index (χ2v) is 10.6. The summed E-state index contributed by atoms with van der Waals surface area (Å²) in [5.74, 6) is 0.952. The lowest BCUT2D eigenvalue weighted by Gasteiger charge is -2.51. The zero-order valence-electron chi connectivity index (χ0n) is 22.7. The summed E-state index contributed by atoms with van der Waals surface area (Å²) < 4.78 is 5.71. The summed E-state index contributed by atoms with van der Waals surface area (Å²) in [6.07, 6.45) is 2.74. The number of piperidine rings is 1. The molecule has 2 atom stereocenters. The summed E-state index contributed by atoms with van der Waals surface area (Å²) >= 11 is 0. The number of likely N-dealkylation sites (tertiary alicyclic amines) is 1. The van der Waals surface area contributed by atoms with Crippen molar-refractivity contribution >= 4 is 11.4 Å². The summed E-state index contributed by atoms with van der Waals surface area (Å²) in [5, 5.41) is 0. The molecule has 0 amide bonds.